The van der Waals surface area contributed by atoms with E-state index in [4.69, 9.17) is 0 Å². The molecule has 122 valence electrons. The van der Waals surface area contributed by atoms with E-state index in [0.717, 1.165) is 11.3 Å². The Kier molecular flexibility index (Phi) is 5.05. The Hall–Kier alpha value is -2.34. The maximum absolute atomic E-state index is 12.2. The van der Waals surface area contributed by atoms with E-state index < -0.39 is 10.0 Å². The number of rotatable bonds is 5. The van der Waals surface area contributed by atoms with Crippen LogP contribution in [-0.4, -0.2) is 27.1 Å². The Labute approximate surface area is 137 Å². The Balaban J connectivity index is 2.14. The van der Waals surface area contributed by atoms with Gasteiger partial charge in [0, 0.05) is 18.3 Å². The van der Waals surface area contributed by atoms with Gasteiger partial charge in [0.25, 0.3) is 5.91 Å². The first-order valence-corrected chi connectivity index (χ1v) is 8.89. The standard InChI is InChI=1S/C17H20N2O3S/c1-4-23(21,22)19(3)16-10-8-14(9-11-16)17(20)18-15-7-5-6-13(2)12-15/h5-12H,4H2,1-3H3,(H,18,20). The van der Waals surface area contributed by atoms with Crippen LogP contribution in [0.5, 0.6) is 0 Å². The molecule has 1 amide bonds. The number of hydrogen-bond acceptors (Lipinski definition) is 3. The molecule has 0 aliphatic rings. The lowest BCUT2D eigenvalue weighted by Gasteiger charge is -2.18. The van der Waals surface area contributed by atoms with E-state index in [9.17, 15) is 13.2 Å². The molecule has 0 fully saturated rings. The van der Waals surface area contributed by atoms with E-state index in [0.29, 0.717) is 11.3 Å². The number of carbonyl (C=O) groups excluding carboxylic acids is 1. The summed E-state index contributed by atoms with van der Waals surface area (Å²) in [7, 11) is -1.80. The predicted octanol–water partition coefficient (Wildman–Crippen LogP) is 3.03. The molecule has 0 aromatic heterocycles. The zero-order valence-corrected chi connectivity index (χ0v) is 14.2. The van der Waals surface area contributed by atoms with Gasteiger partial charge in [-0.05, 0) is 55.8 Å². The zero-order chi connectivity index (χ0) is 17.0. The van der Waals surface area contributed by atoms with Crippen molar-refractivity contribution in [2.24, 2.45) is 0 Å². The molecule has 0 unspecified atom stereocenters. The van der Waals surface area contributed by atoms with Crippen LogP contribution in [0, 0.1) is 6.92 Å². The summed E-state index contributed by atoms with van der Waals surface area (Å²) in [6.45, 7) is 3.55. The van der Waals surface area contributed by atoms with Gasteiger partial charge in [0.2, 0.25) is 10.0 Å². The molecule has 2 aromatic carbocycles. The normalized spacial score (nSPS) is 11.1. The van der Waals surface area contributed by atoms with Gasteiger partial charge in [-0.25, -0.2) is 8.42 Å². The number of benzene rings is 2. The van der Waals surface area contributed by atoms with Crippen molar-refractivity contribution in [1.82, 2.24) is 0 Å². The third-order valence-electron chi connectivity index (χ3n) is 3.55. The largest absolute Gasteiger partial charge is 0.322 e. The minimum atomic E-state index is -3.30. The van der Waals surface area contributed by atoms with Gasteiger partial charge in [0.15, 0.2) is 0 Å². The molecular formula is C17H20N2O3S. The number of nitrogens with zero attached hydrogens (tertiary/aromatic N) is 1. The van der Waals surface area contributed by atoms with Crippen LogP contribution in [0.2, 0.25) is 0 Å². The van der Waals surface area contributed by atoms with Crippen LogP contribution >= 0.6 is 0 Å². The molecule has 2 aromatic rings. The molecule has 0 heterocycles. The van der Waals surface area contributed by atoms with E-state index >= 15 is 0 Å². The molecule has 0 aliphatic carbocycles. The van der Waals surface area contributed by atoms with Crippen LogP contribution in [0.3, 0.4) is 0 Å². The molecule has 23 heavy (non-hydrogen) atoms. The average molecular weight is 332 g/mol. The van der Waals surface area contributed by atoms with Gasteiger partial charge in [-0.1, -0.05) is 12.1 Å². The van der Waals surface area contributed by atoms with Gasteiger partial charge in [-0.2, -0.15) is 0 Å². The third kappa shape index (κ3) is 4.10. The van der Waals surface area contributed by atoms with Gasteiger partial charge in [0.1, 0.15) is 0 Å². The first kappa shape index (κ1) is 17.0. The number of aryl methyl sites for hydroxylation is 1. The second-order valence-corrected chi connectivity index (χ2v) is 7.53. The van der Waals surface area contributed by atoms with E-state index in [2.05, 4.69) is 5.32 Å². The minimum Gasteiger partial charge on any atom is -0.322 e. The molecule has 0 aliphatic heterocycles. The highest BCUT2D eigenvalue weighted by molar-refractivity contribution is 7.92. The third-order valence-corrected chi connectivity index (χ3v) is 5.33. The van der Waals surface area contributed by atoms with Crippen molar-refractivity contribution in [3.8, 4) is 0 Å². The molecule has 2 rings (SSSR count). The molecule has 0 bridgehead atoms. The fraction of sp³-hybridized carbons (Fsp3) is 0.235. The Bertz CT molecular complexity index is 799. The van der Waals surface area contributed by atoms with Gasteiger partial charge < -0.3 is 5.32 Å². The highest BCUT2D eigenvalue weighted by atomic mass is 32.2. The Morgan fingerprint density at radius 2 is 1.78 bits per heavy atom. The average Bonchev–Trinajstić information content (AvgIpc) is 2.54. The van der Waals surface area contributed by atoms with Gasteiger partial charge >= 0.3 is 0 Å². The number of nitrogens with one attached hydrogen (secondary N) is 1. The first-order valence-electron chi connectivity index (χ1n) is 7.28. The van der Waals surface area contributed by atoms with Crippen LogP contribution in [-0.2, 0) is 10.0 Å². The van der Waals surface area contributed by atoms with Crippen molar-refractivity contribution in [2.75, 3.05) is 22.4 Å². The topological polar surface area (TPSA) is 66.5 Å². The number of anilines is 2. The molecular weight excluding hydrogens is 312 g/mol. The minimum absolute atomic E-state index is 0.0269. The second kappa shape index (κ2) is 6.83. The molecule has 5 nitrogen and oxygen atoms in total. The SMILES string of the molecule is CCS(=O)(=O)N(C)c1ccc(C(=O)Nc2cccc(C)c2)cc1. The fourth-order valence-corrected chi connectivity index (χ4v) is 2.93. The number of carbonyl (C=O) groups is 1. The summed E-state index contributed by atoms with van der Waals surface area (Å²) in [5.74, 6) is -0.206. The van der Waals surface area contributed by atoms with Gasteiger partial charge in [-0.15, -0.1) is 0 Å². The smallest absolute Gasteiger partial charge is 0.255 e. The summed E-state index contributed by atoms with van der Waals surface area (Å²) in [6, 6.07) is 14.0. The molecule has 6 heteroatoms. The number of amides is 1. The van der Waals surface area contributed by atoms with Crippen LogP contribution in [0.15, 0.2) is 48.5 Å². The van der Waals surface area contributed by atoms with E-state index in [1.54, 1.807) is 31.2 Å². The lowest BCUT2D eigenvalue weighted by atomic mass is 10.1. The second-order valence-electron chi connectivity index (χ2n) is 5.24. The summed E-state index contributed by atoms with van der Waals surface area (Å²) >= 11 is 0. The molecule has 1 N–H and O–H groups in total. The highest BCUT2D eigenvalue weighted by Crippen LogP contribution is 2.18. The van der Waals surface area contributed by atoms with E-state index in [-0.39, 0.29) is 11.7 Å². The molecule has 0 radical (unpaired) electrons. The molecule has 0 atom stereocenters. The van der Waals surface area contributed by atoms with Crippen LogP contribution in [0.25, 0.3) is 0 Å². The van der Waals surface area contributed by atoms with Gasteiger partial charge in [-0.3, -0.25) is 9.10 Å². The summed E-state index contributed by atoms with van der Waals surface area (Å²) in [5, 5.41) is 2.82. The summed E-state index contributed by atoms with van der Waals surface area (Å²) in [6.07, 6.45) is 0. The fourth-order valence-electron chi connectivity index (χ4n) is 2.10. The monoisotopic (exact) mass is 332 g/mol. The predicted molar refractivity (Wildman–Crippen MR) is 93.4 cm³/mol. The van der Waals surface area contributed by atoms with Crippen LogP contribution < -0.4 is 9.62 Å². The quantitative estimate of drug-likeness (QED) is 0.915. The summed E-state index contributed by atoms with van der Waals surface area (Å²) < 4.78 is 24.9. The Morgan fingerprint density at radius 1 is 1.13 bits per heavy atom. The van der Waals surface area contributed by atoms with E-state index in [1.165, 1.54) is 11.4 Å². The Morgan fingerprint density at radius 3 is 2.35 bits per heavy atom. The maximum atomic E-state index is 12.2. The van der Waals surface area contributed by atoms with Crippen molar-refractivity contribution in [2.45, 2.75) is 13.8 Å². The van der Waals surface area contributed by atoms with Gasteiger partial charge in [0.05, 0.1) is 11.4 Å². The summed E-state index contributed by atoms with van der Waals surface area (Å²) in [4.78, 5) is 12.2. The summed E-state index contributed by atoms with van der Waals surface area (Å²) in [5.41, 5.74) is 2.78. The van der Waals surface area contributed by atoms with Crippen molar-refractivity contribution in [1.29, 1.82) is 0 Å². The molecule has 0 spiro atoms. The maximum Gasteiger partial charge on any atom is 0.255 e. The van der Waals surface area contributed by atoms with Crippen LogP contribution in [0.1, 0.15) is 22.8 Å². The lowest BCUT2D eigenvalue weighted by Crippen LogP contribution is -2.28. The van der Waals surface area contributed by atoms with Crippen molar-refractivity contribution >= 4 is 27.3 Å². The first-order chi connectivity index (χ1) is 10.8. The molecule has 0 saturated carbocycles. The van der Waals surface area contributed by atoms with Crippen molar-refractivity contribution in [3.05, 3.63) is 59.7 Å². The zero-order valence-electron chi connectivity index (χ0n) is 13.4. The van der Waals surface area contributed by atoms with E-state index in [1.807, 2.05) is 31.2 Å². The number of hydrogen-bond donors (Lipinski definition) is 1. The van der Waals surface area contributed by atoms with Crippen LogP contribution in [0.4, 0.5) is 11.4 Å². The van der Waals surface area contributed by atoms with Crippen molar-refractivity contribution in [3.63, 3.8) is 0 Å². The highest BCUT2D eigenvalue weighted by Gasteiger charge is 2.16. The van der Waals surface area contributed by atoms with Crippen molar-refractivity contribution < 1.29 is 13.2 Å². The molecule has 0 saturated heterocycles. The lowest BCUT2D eigenvalue weighted by molar-refractivity contribution is 0.102. The number of sulfonamides is 1.